The molecule has 0 aromatic carbocycles. The minimum Gasteiger partial charge on any atom is -0.491 e. The second-order valence-corrected chi connectivity index (χ2v) is 8.45. The van der Waals surface area contributed by atoms with Gasteiger partial charge in [-0.2, -0.15) is 5.10 Å². The molecule has 9 nitrogen and oxygen atoms in total. The molecule has 1 saturated carbocycles. The van der Waals surface area contributed by atoms with Crippen molar-refractivity contribution < 1.29 is 9.53 Å². The van der Waals surface area contributed by atoms with Gasteiger partial charge in [-0.3, -0.25) is 9.59 Å². The van der Waals surface area contributed by atoms with E-state index >= 15 is 0 Å². The largest absolute Gasteiger partial charge is 0.491 e. The number of pyridine rings is 1. The molecule has 2 aliphatic heterocycles. The second kappa shape index (κ2) is 7.30. The van der Waals surface area contributed by atoms with Crippen molar-refractivity contribution in [1.82, 2.24) is 14.3 Å². The Balaban J connectivity index is 1.40. The maximum atomic E-state index is 12.7. The summed E-state index contributed by atoms with van der Waals surface area (Å²) in [6, 6.07) is 5.31. The highest BCUT2D eigenvalue weighted by molar-refractivity contribution is 5.76. The highest BCUT2D eigenvalue weighted by Gasteiger charge is 2.43. The van der Waals surface area contributed by atoms with Crippen molar-refractivity contribution in [3.8, 4) is 5.75 Å². The lowest BCUT2D eigenvalue weighted by molar-refractivity contribution is -0.118. The number of nitrogens with zero attached hydrogens (tertiary/aromatic N) is 5. The van der Waals surface area contributed by atoms with Crippen LogP contribution in [0.5, 0.6) is 5.75 Å². The third-order valence-electron chi connectivity index (χ3n) is 6.54. The van der Waals surface area contributed by atoms with Crippen LogP contribution in [0.15, 0.2) is 34.2 Å². The van der Waals surface area contributed by atoms with E-state index in [1.165, 1.54) is 31.1 Å². The second-order valence-electron chi connectivity index (χ2n) is 8.45. The summed E-state index contributed by atoms with van der Waals surface area (Å²) >= 11 is 0. The van der Waals surface area contributed by atoms with Gasteiger partial charge >= 0.3 is 5.56 Å². The van der Waals surface area contributed by atoms with Gasteiger partial charge in [0.15, 0.2) is 11.6 Å². The number of anilines is 2. The minimum atomic E-state index is -0.427. The van der Waals surface area contributed by atoms with Crippen molar-refractivity contribution in [3.63, 3.8) is 0 Å². The quantitative estimate of drug-likeness (QED) is 0.808. The molecule has 0 radical (unpaired) electrons. The van der Waals surface area contributed by atoms with Gasteiger partial charge in [0.05, 0.1) is 12.5 Å². The van der Waals surface area contributed by atoms with Crippen LogP contribution >= 0.6 is 0 Å². The van der Waals surface area contributed by atoms with Crippen molar-refractivity contribution in [2.75, 3.05) is 37.0 Å². The first-order valence-electron chi connectivity index (χ1n) is 10.5. The molecular weight excluding hydrogens is 384 g/mol. The summed E-state index contributed by atoms with van der Waals surface area (Å²) in [5.41, 5.74) is -0.0192. The molecule has 4 heterocycles. The molecule has 9 heteroatoms. The van der Waals surface area contributed by atoms with Crippen LogP contribution in [-0.2, 0) is 17.9 Å². The van der Waals surface area contributed by atoms with Crippen LogP contribution in [0, 0.1) is 5.41 Å². The van der Waals surface area contributed by atoms with Gasteiger partial charge < -0.3 is 19.5 Å². The van der Waals surface area contributed by atoms with Crippen LogP contribution in [-0.4, -0.2) is 47.0 Å². The fourth-order valence-corrected chi connectivity index (χ4v) is 4.67. The number of nitrogens with one attached hydrogen (secondary N) is 1. The predicted octanol–water partition coefficient (Wildman–Crippen LogP) is 0.987. The molecule has 158 valence electrons. The Morgan fingerprint density at radius 2 is 2.17 bits per heavy atom. The summed E-state index contributed by atoms with van der Waals surface area (Å²) in [5, 5.41) is 8.28. The fourth-order valence-electron chi connectivity index (χ4n) is 4.67. The number of methoxy groups -OCH3 is 1. The number of ether oxygens (including phenoxy) is 1. The molecule has 1 aliphatic carbocycles. The lowest BCUT2D eigenvalue weighted by Gasteiger charge is -2.38. The normalized spacial score (nSPS) is 19.5. The molecule has 1 N–H and O–H groups in total. The third kappa shape index (κ3) is 3.38. The summed E-state index contributed by atoms with van der Waals surface area (Å²) in [6.45, 7) is 3.39. The topological polar surface area (TPSA) is 93.8 Å². The average Bonchev–Trinajstić information content (AvgIpc) is 3.36. The standard InChI is InChI=1S/C21H26N6O3/c1-30-16-12-18(26-9-6-21(14-26)4-2-5-21)24-27(20(16)29)13-19(28)23-15-3-8-25-10-7-22-17(25)11-15/h3,8,11-12,22H,2,4-7,9-10,13-14H2,1H3. The monoisotopic (exact) mass is 410 g/mol. The molecule has 0 unspecified atom stereocenters. The first kappa shape index (κ1) is 18.9. The van der Waals surface area contributed by atoms with Gasteiger partial charge in [0.25, 0.3) is 5.91 Å². The van der Waals surface area contributed by atoms with Crippen LogP contribution in [0.3, 0.4) is 0 Å². The van der Waals surface area contributed by atoms with Crippen LogP contribution < -0.4 is 25.9 Å². The summed E-state index contributed by atoms with van der Waals surface area (Å²) in [7, 11) is 1.46. The Labute approximate surface area is 174 Å². The molecule has 2 aromatic heterocycles. The number of carbonyl (C=O) groups is 1. The lowest BCUT2D eigenvalue weighted by atomic mass is 9.68. The van der Waals surface area contributed by atoms with Gasteiger partial charge in [-0.05, 0) is 30.7 Å². The van der Waals surface area contributed by atoms with Gasteiger partial charge in [-0.25, -0.2) is 9.67 Å². The number of hydrogen-bond donors (Lipinski definition) is 1. The molecule has 1 spiro atoms. The number of carbonyl (C=O) groups excluding carboxylic acids is 1. The average molecular weight is 410 g/mol. The SMILES string of the molecule is COc1cc(N2CCC3(CCC3)C2)nn(CC(=O)N=c2ccn3c(c2)NCC3)c1=O. The van der Waals surface area contributed by atoms with Crippen molar-refractivity contribution in [2.45, 2.75) is 38.8 Å². The third-order valence-corrected chi connectivity index (χ3v) is 6.54. The van der Waals surface area contributed by atoms with Crippen LogP contribution in [0.1, 0.15) is 25.7 Å². The maximum absolute atomic E-state index is 12.7. The van der Waals surface area contributed by atoms with Crippen LogP contribution in [0.2, 0.25) is 0 Å². The van der Waals surface area contributed by atoms with Gasteiger partial charge in [0, 0.05) is 44.5 Å². The number of fused-ring (bicyclic) bond motifs is 1. The molecule has 3 aliphatic rings. The van der Waals surface area contributed by atoms with Crippen molar-refractivity contribution in [2.24, 2.45) is 10.4 Å². The Hall–Kier alpha value is -3.10. The smallest absolute Gasteiger partial charge is 0.309 e. The van der Waals surface area contributed by atoms with Gasteiger partial charge in [0.1, 0.15) is 12.4 Å². The number of amides is 1. The van der Waals surface area contributed by atoms with Crippen LogP contribution in [0.4, 0.5) is 11.6 Å². The van der Waals surface area contributed by atoms with Gasteiger partial charge in [-0.15, -0.1) is 0 Å². The predicted molar refractivity (Wildman–Crippen MR) is 112 cm³/mol. The minimum absolute atomic E-state index is 0.195. The Morgan fingerprint density at radius 3 is 2.90 bits per heavy atom. The zero-order chi connectivity index (χ0) is 20.7. The van der Waals surface area contributed by atoms with Crippen molar-refractivity contribution >= 4 is 17.5 Å². The van der Waals surface area contributed by atoms with E-state index in [4.69, 9.17) is 4.74 Å². The van der Waals surface area contributed by atoms with Crippen molar-refractivity contribution in [1.29, 1.82) is 0 Å². The first-order valence-corrected chi connectivity index (χ1v) is 10.5. The summed E-state index contributed by atoms with van der Waals surface area (Å²) in [6.07, 6.45) is 6.85. The maximum Gasteiger partial charge on any atom is 0.309 e. The zero-order valence-electron chi connectivity index (χ0n) is 17.1. The fraction of sp³-hybridized carbons (Fsp3) is 0.524. The van der Waals surface area contributed by atoms with Gasteiger partial charge in [-0.1, -0.05) is 6.42 Å². The molecular formula is C21H26N6O3. The van der Waals surface area contributed by atoms with E-state index in [0.717, 1.165) is 38.4 Å². The van der Waals surface area contributed by atoms with Gasteiger partial charge in [0.2, 0.25) is 0 Å². The molecule has 2 aromatic rings. The lowest BCUT2D eigenvalue weighted by Crippen LogP contribution is -2.35. The molecule has 2 fully saturated rings. The van der Waals surface area contributed by atoms with E-state index in [1.54, 1.807) is 12.1 Å². The Morgan fingerprint density at radius 1 is 1.30 bits per heavy atom. The molecule has 0 bridgehead atoms. The molecule has 5 rings (SSSR count). The van der Waals surface area contributed by atoms with Crippen molar-refractivity contribution in [3.05, 3.63) is 40.1 Å². The number of hydrogen-bond acceptors (Lipinski definition) is 6. The molecule has 1 saturated heterocycles. The van der Waals surface area contributed by atoms with E-state index in [1.807, 2.05) is 12.3 Å². The molecule has 1 amide bonds. The highest BCUT2D eigenvalue weighted by atomic mass is 16.5. The van der Waals surface area contributed by atoms with E-state index in [9.17, 15) is 9.59 Å². The number of rotatable bonds is 4. The first-order chi connectivity index (χ1) is 14.5. The Bertz CT molecular complexity index is 1110. The highest BCUT2D eigenvalue weighted by Crippen LogP contribution is 2.48. The zero-order valence-corrected chi connectivity index (χ0v) is 17.1. The number of aromatic nitrogens is 3. The van der Waals surface area contributed by atoms with Crippen LogP contribution in [0.25, 0.3) is 0 Å². The van der Waals surface area contributed by atoms with E-state index in [-0.39, 0.29) is 12.3 Å². The van der Waals surface area contributed by atoms with E-state index in [2.05, 4.69) is 24.9 Å². The summed E-state index contributed by atoms with van der Waals surface area (Å²) in [5.74, 6) is 1.38. The van der Waals surface area contributed by atoms with E-state index in [0.29, 0.717) is 16.6 Å². The molecule has 0 atom stereocenters. The summed E-state index contributed by atoms with van der Waals surface area (Å²) in [4.78, 5) is 31.6. The Kier molecular flexibility index (Phi) is 4.60. The van der Waals surface area contributed by atoms with E-state index < -0.39 is 11.5 Å². The summed E-state index contributed by atoms with van der Waals surface area (Å²) < 4.78 is 8.51. The molecule has 30 heavy (non-hydrogen) atoms.